The standard InChI is InChI=1S/C15H21FO/c1-15(2,12-6-8-13(16)9-7-12)14(17)10-11-4-3-5-11/h6-9,11,14,17H,3-5,10H2,1-2H3. The Kier molecular flexibility index (Phi) is 3.53. The first-order chi connectivity index (χ1) is 8.00. The summed E-state index contributed by atoms with van der Waals surface area (Å²) in [5.74, 6) is 0.461. The first-order valence-corrected chi connectivity index (χ1v) is 6.44. The molecule has 1 aliphatic carbocycles. The lowest BCUT2D eigenvalue weighted by atomic mass is 9.72. The number of rotatable bonds is 4. The Hall–Kier alpha value is -0.890. The molecule has 0 aromatic heterocycles. The summed E-state index contributed by atoms with van der Waals surface area (Å²) in [4.78, 5) is 0. The maximum absolute atomic E-state index is 12.9. The molecule has 1 unspecified atom stereocenters. The van der Waals surface area contributed by atoms with Gasteiger partial charge in [0.05, 0.1) is 6.10 Å². The summed E-state index contributed by atoms with van der Waals surface area (Å²) in [7, 11) is 0. The lowest BCUT2D eigenvalue weighted by molar-refractivity contribution is 0.0591. The van der Waals surface area contributed by atoms with E-state index in [1.807, 2.05) is 13.8 Å². The van der Waals surface area contributed by atoms with Crippen molar-refractivity contribution in [3.8, 4) is 0 Å². The van der Waals surface area contributed by atoms with Gasteiger partial charge in [0, 0.05) is 5.41 Å². The Morgan fingerprint density at radius 1 is 1.29 bits per heavy atom. The van der Waals surface area contributed by atoms with Gasteiger partial charge in [-0.25, -0.2) is 4.39 Å². The van der Waals surface area contributed by atoms with Crippen LogP contribution in [0.25, 0.3) is 0 Å². The van der Waals surface area contributed by atoms with Crippen LogP contribution in [0.2, 0.25) is 0 Å². The van der Waals surface area contributed by atoms with Crippen LogP contribution in [-0.4, -0.2) is 11.2 Å². The van der Waals surface area contributed by atoms with Gasteiger partial charge in [-0.1, -0.05) is 45.2 Å². The molecule has 0 bridgehead atoms. The Labute approximate surface area is 103 Å². The van der Waals surface area contributed by atoms with Crippen LogP contribution in [0.3, 0.4) is 0 Å². The third-order valence-electron chi connectivity index (χ3n) is 4.20. The molecule has 1 nitrogen and oxygen atoms in total. The molecule has 1 fully saturated rings. The molecule has 2 rings (SSSR count). The summed E-state index contributed by atoms with van der Waals surface area (Å²) in [6, 6.07) is 6.49. The molecule has 2 heteroatoms. The quantitative estimate of drug-likeness (QED) is 0.846. The van der Waals surface area contributed by atoms with Crippen LogP contribution in [0.15, 0.2) is 24.3 Å². The second kappa shape index (κ2) is 4.77. The topological polar surface area (TPSA) is 20.2 Å². The fourth-order valence-corrected chi connectivity index (χ4v) is 2.41. The van der Waals surface area contributed by atoms with Crippen LogP contribution >= 0.6 is 0 Å². The number of aliphatic hydroxyl groups is 1. The molecule has 1 aromatic rings. The SMILES string of the molecule is CC(C)(c1ccc(F)cc1)C(O)CC1CCC1. The van der Waals surface area contributed by atoms with Crippen LogP contribution in [0.1, 0.15) is 45.1 Å². The van der Waals surface area contributed by atoms with Crippen molar-refractivity contribution in [2.45, 2.75) is 51.0 Å². The van der Waals surface area contributed by atoms with Gasteiger partial charge in [-0.05, 0) is 30.0 Å². The van der Waals surface area contributed by atoms with Crippen molar-refractivity contribution in [1.29, 1.82) is 0 Å². The summed E-state index contributed by atoms with van der Waals surface area (Å²) < 4.78 is 12.9. The highest BCUT2D eigenvalue weighted by molar-refractivity contribution is 5.25. The minimum absolute atomic E-state index is 0.224. The Morgan fingerprint density at radius 2 is 1.88 bits per heavy atom. The molecule has 1 aromatic carbocycles. The molecule has 94 valence electrons. The number of hydrogen-bond donors (Lipinski definition) is 1. The molecule has 1 aliphatic rings. The smallest absolute Gasteiger partial charge is 0.123 e. The van der Waals surface area contributed by atoms with E-state index in [9.17, 15) is 9.50 Å². The molecule has 0 amide bonds. The minimum Gasteiger partial charge on any atom is -0.392 e. The maximum atomic E-state index is 12.9. The molecule has 0 spiro atoms. The average Bonchev–Trinajstić information content (AvgIpc) is 2.23. The third-order valence-corrected chi connectivity index (χ3v) is 4.20. The van der Waals surface area contributed by atoms with Crippen LogP contribution in [-0.2, 0) is 5.41 Å². The predicted molar refractivity (Wildman–Crippen MR) is 67.4 cm³/mol. The van der Waals surface area contributed by atoms with Crippen molar-refractivity contribution in [3.05, 3.63) is 35.6 Å². The van der Waals surface area contributed by atoms with E-state index in [0.717, 1.165) is 12.0 Å². The number of halogens is 1. The second-order valence-corrected chi connectivity index (χ2v) is 5.78. The Bertz CT molecular complexity index is 365. The predicted octanol–water partition coefficient (Wildman–Crippen LogP) is 3.65. The van der Waals surface area contributed by atoms with Crippen molar-refractivity contribution < 1.29 is 9.50 Å². The zero-order valence-corrected chi connectivity index (χ0v) is 10.6. The van der Waals surface area contributed by atoms with Gasteiger partial charge in [-0.15, -0.1) is 0 Å². The van der Waals surface area contributed by atoms with Gasteiger partial charge < -0.3 is 5.11 Å². The normalized spacial score (nSPS) is 18.8. The van der Waals surface area contributed by atoms with Gasteiger partial charge in [-0.2, -0.15) is 0 Å². The van der Waals surface area contributed by atoms with Crippen molar-refractivity contribution in [2.75, 3.05) is 0 Å². The Morgan fingerprint density at radius 3 is 2.35 bits per heavy atom. The molecule has 1 atom stereocenters. The summed E-state index contributed by atoms with van der Waals surface area (Å²) in [5.41, 5.74) is 0.703. The first-order valence-electron chi connectivity index (χ1n) is 6.44. The zero-order valence-electron chi connectivity index (χ0n) is 10.6. The molecular weight excluding hydrogens is 215 g/mol. The highest BCUT2D eigenvalue weighted by atomic mass is 19.1. The molecule has 1 saturated carbocycles. The van der Waals surface area contributed by atoms with E-state index in [1.165, 1.54) is 31.4 Å². The van der Waals surface area contributed by atoms with E-state index in [-0.39, 0.29) is 17.3 Å². The second-order valence-electron chi connectivity index (χ2n) is 5.78. The number of benzene rings is 1. The van der Waals surface area contributed by atoms with Gasteiger partial charge in [0.15, 0.2) is 0 Å². The number of hydrogen-bond acceptors (Lipinski definition) is 1. The largest absolute Gasteiger partial charge is 0.392 e. The van der Waals surface area contributed by atoms with E-state index in [0.29, 0.717) is 5.92 Å². The molecule has 0 radical (unpaired) electrons. The van der Waals surface area contributed by atoms with E-state index in [4.69, 9.17) is 0 Å². The molecule has 0 aliphatic heterocycles. The molecule has 0 saturated heterocycles. The molecule has 0 heterocycles. The Balaban J connectivity index is 2.07. The summed E-state index contributed by atoms with van der Waals surface area (Å²) in [6.45, 7) is 4.06. The zero-order chi connectivity index (χ0) is 12.5. The van der Waals surface area contributed by atoms with Crippen molar-refractivity contribution in [2.24, 2.45) is 5.92 Å². The van der Waals surface area contributed by atoms with E-state index in [1.54, 1.807) is 12.1 Å². The van der Waals surface area contributed by atoms with Crippen LogP contribution in [0.4, 0.5) is 4.39 Å². The monoisotopic (exact) mass is 236 g/mol. The summed E-state index contributed by atoms with van der Waals surface area (Å²) in [5, 5.41) is 10.3. The fraction of sp³-hybridized carbons (Fsp3) is 0.600. The molecular formula is C15H21FO. The van der Waals surface area contributed by atoms with Gasteiger partial charge in [-0.3, -0.25) is 0 Å². The van der Waals surface area contributed by atoms with Crippen LogP contribution < -0.4 is 0 Å². The van der Waals surface area contributed by atoms with Gasteiger partial charge >= 0.3 is 0 Å². The lowest BCUT2D eigenvalue weighted by Gasteiger charge is -2.36. The van der Waals surface area contributed by atoms with E-state index >= 15 is 0 Å². The van der Waals surface area contributed by atoms with Crippen molar-refractivity contribution in [3.63, 3.8) is 0 Å². The minimum atomic E-state index is -0.349. The van der Waals surface area contributed by atoms with Gasteiger partial charge in [0.25, 0.3) is 0 Å². The lowest BCUT2D eigenvalue weighted by Crippen LogP contribution is -2.36. The van der Waals surface area contributed by atoms with Crippen molar-refractivity contribution in [1.82, 2.24) is 0 Å². The fourth-order valence-electron chi connectivity index (χ4n) is 2.41. The van der Waals surface area contributed by atoms with Crippen LogP contribution in [0.5, 0.6) is 0 Å². The summed E-state index contributed by atoms with van der Waals surface area (Å²) >= 11 is 0. The molecule has 17 heavy (non-hydrogen) atoms. The molecule has 1 N–H and O–H groups in total. The van der Waals surface area contributed by atoms with Crippen molar-refractivity contribution >= 4 is 0 Å². The number of aliphatic hydroxyl groups excluding tert-OH is 1. The van der Waals surface area contributed by atoms with E-state index < -0.39 is 0 Å². The average molecular weight is 236 g/mol. The maximum Gasteiger partial charge on any atom is 0.123 e. The van der Waals surface area contributed by atoms with Gasteiger partial charge in [0.1, 0.15) is 5.82 Å². The first kappa shape index (κ1) is 12.6. The van der Waals surface area contributed by atoms with Gasteiger partial charge in [0.2, 0.25) is 0 Å². The van der Waals surface area contributed by atoms with Crippen LogP contribution in [0, 0.1) is 11.7 Å². The highest BCUT2D eigenvalue weighted by Crippen LogP contribution is 2.36. The summed E-state index contributed by atoms with van der Waals surface area (Å²) in [6.07, 6.45) is 4.31. The van der Waals surface area contributed by atoms with E-state index in [2.05, 4.69) is 0 Å². The highest BCUT2D eigenvalue weighted by Gasteiger charge is 2.33. The third kappa shape index (κ3) is 2.68.